The molecule has 0 spiro atoms. The molecule has 1 aromatic carbocycles. The SMILES string of the molecule is CC(C(=O)O)C(C)C(=O)Nc1ccc(S(C)(=O)=O)cc1. The van der Waals surface area contributed by atoms with Gasteiger partial charge in [0.05, 0.1) is 10.8 Å². The number of hydrogen-bond donors (Lipinski definition) is 2. The highest BCUT2D eigenvalue weighted by atomic mass is 32.2. The summed E-state index contributed by atoms with van der Waals surface area (Å²) in [7, 11) is -3.28. The summed E-state index contributed by atoms with van der Waals surface area (Å²) in [5, 5.41) is 11.4. The molecule has 0 saturated heterocycles. The minimum Gasteiger partial charge on any atom is -0.481 e. The average molecular weight is 299 g/mol. The molecule has 110 valence electrons. The third kappa shape index (κ3) is 4.06. The largest absolute Gasteiger partial charge is 0.481 e. The van der Waals surface area contributed by atoms with E-state index >= 15 is 0 Å². The van der Waals surface area contributed by atoms with E-state index in [0.29, 0.717) is 5.69 Å². The summed E-state index contributed by atoms with van der Waals surface area (Å²) < 4.78 is 22.6. The number of aliphatic carboxylic acids is 1. The van der Waals surface area contributed by atoms with Gasteiger partial charge in [-0.05, 0) is 24.3 Å². The van der Waals surface area contributed by atoms with Gasteiger partial charge in [-0.25, -0.2) is 8.42 Å². The third-order valence-corrected chi connectivity index (χ3v) is 4.23. The van der Waals surface area contributed by atoms with Crippen molar-refractivity contribution in [1.82, 2.24) is 0 Å². The molecule has 2 atom stereocenters. The summed E-state index contributed by atoms with van der Waals surface area (Å²) in [6.07, 6.45) is 1.09. The number of carboxylic acids is 1. The number of benzene rings is 1. The first-order valence-corrected chi connectivity index (χ1v) is 7.86. The van der Waals surface area contributed by atoms with E-state index in [9.17, 15) is 18.0 Å². The number of sulfone groups is 1. The van der Waals surface area contributed by atoms with Gasteiger partial charge in [-0.2, -0.15) is 0 Å². The molecule has 0 saturated carbocycles. The van der Waals surface area contributed by atoms with Gasteiger partial charge in [-0.1, -0.05) is 13.8 Å². The number of amides is 1. The molecule has 0 fully saturated rings. The Kier molecular flexibility index (Phi) is 4.88. The number of carbonyl (C=O) groups is 2. The fourth-order valence-corrected chi connectivity index (χ4v) is 2.11. The highest BCUT2D eigenvalue weighted by Gasteiger charge is 2.25. The zero-order chi connectivity index (χ0) is 15.5. The Morgan fingerprint density at radius 3 is 2.00 bits per heavy atom. The lowest BCUT2D eigenvalue weighted by atomic mass is 9.95. The van der Waals surface area contributed by atoms with Crippen molar-refractivity contribution in [3.8, 4) is 0 Å². The van der Waals surface area contributed by atoms with Crippen molar-refractivity contribution in [3.05, 3.63) is 24.3 Å². The van der Waals surface area contributed by atoms with Crippen molar-refractivity contribution in [2.24, 2.45) is 11.8 Å². The molecule has 1 amide bonds. The first kappa shape index (κ1) is 16.2. The van der Waals surface area contributed by atoms with E-state index in [1.165, 1.54) is 38.1 Å². The second kappa shape index (κ2) is 6.04. The Morgan fingerprint density at radius 2 is 1.60 bits per heavy atom. The Bertz CT molecular complexity index is 606. The van der Waals surface area contributed by atoms with Crippen LogP contribution in [0, 0.1) is 11.8 Å². The molecule has 0 heterocycles. The standard InChI is InChI=1S/C13H17NO5S/c1-8(9(2)13(16)17)12(15)14-10-4-6-11(7-5-10)20(3,18)19/h4-9H,1-3H3,(H,14,15)(H,16,17). The molecule has 0 aliphatic heterocycles. The Labute approximate surface area is 117 Å². The first-order chi connectivity index (χ1) is 9.12. The first-order valence-electron chi connectivity index (χ1n) is 5.96. The topological polar surface area (TPSA) is 101 Å². The van der Waals surface area contributed by atoms with Crippen molar-refractivity contribution in [3.63, 3.8) is 0 Å². The number of carbonyl (C=O) groups excluding carboxylic acids is 1. The zero-order valence-electron chi connectivity index (χ0n) is 11.5. The molecule has 0 radical (unpaired) electrons. The highest BCUT2D eigenvalue weighted by molar-refractivity contribution is 7.90. The van der Waals surface area contributed by atoms with Gasteiger partial charge in [0.15, 0.2) is 9.84 Å². The van der Waals surface area contributed by atoms with Gasteiger partial charge in [0, 0.05) is 17.9 Å². The van der Waals surface area contributed by atoms with Crippen LogP contribution in [0.4, 0.5) is 5.69 Å². The van der Waals surface area contributed by atoms with Gasteiger partial charge in [0.1, 0.15) is 0 Å². The van der Waals surface area contributed by atoms with Crippen LogP contribution in [-0.4, -0.2) is 31.7 Å². The lowest BCUT2D eigenvalue weighted by Crippen LogP contribution is -2.29. The minimum atomic E-state index is -3.28. The van der Waals surface area contributed by atoms with E-state index < -0.39 is 33.5 Å². The van der Waals surface area contributed by atoms with E-state index in [2.05, 4.69) is 5.32 Å². The van der Waals surface area contributed by atoms with Crippen LogP contribution in [0.15, 0.2) is 29.2 Å². The summed E-state index contributed by atoms with van der Waals surface area (Å²) in [6.45, 7) is 2.98. The second-order valence-electron chi connectivity index (χ2n) is 4.70. The van der Waals surface area contributed by atoms with Gasteiger partial charge in [0.2, 0.25) is 5.91 Å². The van der Waals surface area contributed by atoms with Gasteiger partial charge < -0.3 is 10.4 Å². The van der Waals surface area contributed by atoms with Crippen LogP contribution in [0.3, 0.4) is 0 Å². The molecule has 2 N–H and O–H groups in total. The van der Waals surface area contributed by atoms with Crippen LogP contribution in [0.1, 0.15) is 13.8 Å². The van der Waals surface area contributed by atoms with E-state index in [0.717, 1.165) is 6.26 Å². The Hall–Kier alpha value is -1.89. The average Bonchev–Trinajstić information content (AvgIpc) is 2.36. The molecular weight excluding hydrogens is 282 g/mol. The van der Waals surface area contributed by atoms with Crippen molar-refractivity contribution >= 4 is 27.4 Å². The number of carboxylic acid groups (broad SMARTS) is 1. The number of nitrogens with one attached hydrogen (secondary N) is 1. The van der Waals surface area contributed by atoms with Crippen molar-refractivity contribution < 1.29 is 23.1 Å². The third-order valence-electron chi connectivity index (χ3n) is 3.10. The van der Waals surface area contributed by atoms with Gasteiger partial charge in [0.25, 0.3) is 0 Å². The zero-order valence-corrected chi connectivity index (χ0v) is 12.3. The van der Waals surface area contributed by atoms with E-state index in [-0.39, 0.29) is 4.90 Å². The Balaban J connectivity index is 2.79. The molecular formula is C13H17NO5S. The molecule has 0 bridgehead atoms. The van der Waals surface area contributed by atoms with Crippen LogP contribution in [0.2, 0.25) is 0 Å². The summed E-state index contributed by atoms with van der Waals surface area (Å²) in [5.74, 6) is -2.96. The summed E-state index contributed by atoms with van der Waals surface area (Å²) in [4.78, 5) is 22.8. The van der Waals surface area contributed by atoms with Crippen molar-refractivity contribution in [2.45, 2.75) is 18.7 Å². The summed E-state index contributed by atoms with van der Waals surface area (Å²) in [5.41, 5.74) is 0.423. The van der Waals surface area contributed by atoms with E-state index in [1.54, 1.807) is 0 Å². The molecule has 2 unspecified atom stereocenters. The normalized spacial score (nSPS) is 14.3. The van der Waals surface area contributed by atoms with Crippen LogP contribution >= 0.6 is 0 Å². The predicted molar refractivity (Wildman–Crippen MR) is 74.1 cm³/mol. The lowest BCUT2D eigenvalue weighted by molar-refractivity contribution is -0.145. The smallest absolute Gasteiger partial charge is 0.307 e. The predicted octanol–water partition coefficient (Wildman–Crippen LogP) is 1.39. The molecule has 6 nitrogen and oxygen atoms in total. The van der Waals surface area contributed by atoms with Crippen molar-refractivity contribution in [1.29, 1.82) is 0 Å². The lowest BCUT2D eigenvalue weighted by Gasteiger charge is -2.15. The van der Waals surface area contributed by atoms with Gasteiger partial charge in [-0.3, -0.25) is 9.59 Å². The number of rotatable bonds is 5. The second-order valence-corrected chi connectivity index (χ2v) is 6.72. The number of hydrogen-bond acceptors (Lipinski definition) is 4. The summed E-state index contributed by atoms with van der Waals surface area (Å²) >= 11 is 0. The van der Waals surface area contributed by atoms with Crippen LogP contribution in [0.25, 0.3) is 0 Å². The fraction of sp³-hybridized carbons (Fsp3) is 0.385. The minimum absolute atomic E-state index is 0.155. The molecule has 0 aliphatic rings. The van der Waals surface area contributed by atoms with E-state index in [1.807, 2.05) is 0 Å². The van der Waals surface area contributed by atoms with Crippen LogP contribution < -0.4 is 5.32 Å². The molecule has 20 heavy (non-hydrogen) atoms. The van der Waals surface area contributed by atoms with Crippen LogP contribution in [0.5, 0.6) is 0 Å². The van der Waals surface area contributed by atoms with Crippen molar-refractivity contribution in [2.75, 3.05) is 11.6 Å². The summed E-state index contributed by atoms with van der Waals surface area (Å²) in [6, 6.07) is 5.70. The highest BCUT2D eigenvalue weighted by Crippen LogP contribution is 2.17. The van der Waals surface area contributed by atoms with Crippen LogP contribution in [-0.2, 0) is 19.4 Å². The molecule has 0 aromatic heterocycles. The van der Waals surface area contributed by atoms with Gasteiger partial charge in [-0.15, -0.1) is 0 Å². The maximum atomic E-state index is 11.8. The van der Waals surface area contributed by atoms with E-state index in [4.69, 9.17) is 5.11 Å². The van der Waals surface area contributed by atoms with Gasteiger partial charge >= 0.3 is 5.97 Å². The number of anilines is 1. The molecule has 1 aromatic rings. The Morgan fingerprint density at radius 1 is 1.10 bits per heavy atom. The molecule has 1 rings (SSSR count). The monoisotopic (exact) mass is 299 g/mol. The molecule has 7 heteroatoms. The maximum absolute atomic E-state index is 11.8. The fourth-order valence-electron chi connectivity index (χ4n) is 1.48. The maximum Gasteiger partial charge on any atom is 0.307 e. The molecule has 0 aliphatic carbocycles. The quantitative estimate of drug-likeness (QED) is 0.855.